The third-order valence-electron chi connectivity index (χ3n) is 2.40. The summed E-state index contributed by atoms with van der Waals surface area (Å²) in [4.78, 5) is 11.7. The summed E-state index contributed by atoms with van der Waals surface area (Å²) < 4.78 is 1.65. The number of hydrogen-bond donors (Lipinski definition) is 2. The molecule has 2 rings (SSSR count). The summed E-state index contributed by atoms with van der Waals surface area (Å²) in [6.07, 6.45) is 1.75. The fourth-order valence-electron chi connectivity index (χ4n) is 1.55. The van der Waals surface area contributed by atoms with Crippen molar-refractivity contribution in [3.05, 3.63) is 42.2 Å². The lowest BCUT2D eigenvalue weighted by Crippen LogP contribution is -2.30. The molecule has 5 nitrogen and oxygen atoms in total. The Bertz CT molecular complexity index is 542. The van der Waals surface area contributed by atoms with Crippen molar-refractivity contribution in [2.75, 3.05) is 5.73 Å². The van der Waals surface area contributed by atoms with Crippen LogP contribution in [0, 0.1) is 0 Å². The number of rotatable bonds is 3. The zero-order valence-electron chi connectivity index (χ0n) is 10.4. The van der Waals surface area contributed by atoms with E-state index in [9.17, 15) is 4.79 Å². The third kappa shape index (κ3) is 2.68. The van der Waals surface area contributed by atoms with Gasteiger partial charge in [-0.2, -0.15) is 5.10 Å². The lowest BCUT2D eigenvalue weighted by molar-refractivity contribution is 0.0937. The molecule has 5 heteroatoms. The zero-order chi connectivity index (χ0) is 13.1. The summed E-state index contributed by atoms with van der Waals surface area (Å²) in [5.74, 6) is -0.167. The molecule has 1 aromatic carbocycles. The van der Waals surface area contributed by atoms with Gasteiger partial charge in [0.25, 0.3) is 5.91 Å². The first-order chi connectivity index (χ1) is 8.56. The molecule has 0 aliphatic rings. The van der Waals surface area contributed by atoms with E-state index in [-0.39, 0.29) is 11.9 Å². The van der Waals surface area contributed by atoms with Crippen LogP contribution >= 0.6 is 0 Å². The first kappa shape index (κ1) is 12.2. The number of aromatic nitrogens is 2. The predicted molar refractivity (Wildman–Crippen MR) is 70.6 cm³/mol. The fourth-order valence-corrected chi connectivity index (χ4v) is 1.55. The SMILES string of the molecule is CC(C)NC(=O)c1ccn(-c2ccc(N)cc2)n1. The van der Waals surface area contributed by atoms with Gasteiger partial charge in [0.15, 0.2) is 5.69 Å². The average Bonchev–Trinajstić information content (AvgIpc) is 2.78. The van der Waals surface area contributed by atoms with Crippen molar-refractivity contribution in [2.24, 2.45) is 0 Å². The van der Waals surface area contributed by atoms with Crippen LogP contribution in [-0.2, 0) is 0 Å². The number of carbonyl (C=O) groups excluding carboxylic acids is 1. The van der Waals surface area contributed by atoms with Crippen LogP contribution in [0.2, 0.25) is 0 Å². The summed E-state index contributed by atoms with van der Waals surface area (Å²) in [6.45, 7) is 3.82. The number of benzene rings is 1. The number of nitrogens with zero attached hydrogens (tertiary/aromatic N) is 2. The normalized spacial score (nSPS) is 10.6. The predicted octanol–water partition coefficient (Wildman–Crippen LogP) is 1.59. The molecule has 1 heterocycles. The van der Waals surface area contributed by atoms with E-state index in [4.69, 9.17) is 5.73 Å². The van der Waals surface area contributed by atoms with Gasteiger partial charge in [-0.25, -0.2) is 4.68 Å². The van der Waals surface area contributed by atoms with E-state index in [1.807, 2.05) is 26.0 Å². The Labute approximate surface area is 106 Å². The molecule has 0 saturated heterocycles. The number of anilines is 1. The first-order valence-corrected chi connectivity index (χ1v) is 5.78. The summed E-state index contributed by atoms with van der Waals surface area (Å²) in [5.41, 5.74) is 7.59. The van der Waals surface area contributed by atoms with Crippen LogP contribution in [0.15, 0.2) is 36.5 Å². The van der Waals surface area contributed by atoms with Crippen molar-refractivity contribution >= 4 is 11.6 Å². The number of nitrogen functional groups attached to an aromatic ring is 1. The van der Waals surface area contributed by atoms with Crippen molar-refractivity contribution < 1.29 is 4.79 Å². The standard InChI is InChI=1S/C13H16N4O/c1-9(2)15-13(18)12-7-8-17(16-12)11-5-3-10(14)4-6-11/h3-9H,14H2,1-2H3,(H,15,18). The lowest BCUT2D eigenvalue weighted by atomic mass is 10.3. The van der Waals surface area contributed by atoms with Crippen LogP contribution in [0.5, 0.6) is 0 Å². The summed E-state index contributed by atoms with van der Waals surface area (Å²) >= 11 is 0. The van der Waals surface area contributed by atoms with E-state index in [0.29, 0.717) is 11.4 Å². The van der Waals surface area contributed by atoms with Gasteiger partial charge >= 0.3 is 0 Å². The third-order valence-corrected chi connectivity index (χ3v) is 2.40. The first-order valence-electron chi connectivity index (χ1n) is 5.78. The summed E-state index contributed by atoms with van der Waals surface area (Å²) in [5, 5.41) is 7.03. The summed E-state index contributed by atoms with van der Waals surface area (Å²) in [6, 6.07) is 9.09. The van der Waals surface area contributed by atoms with E-state index < -0.39 is 0 Å². The van der Waals surface area contributed by atoms with Gasteiger partial charge in [-0.3, -0.25) is 4.79 Å². The molecular weight excluding hydrogens is 228 g/mol. The topological polar surface area (TPSA) is 72.9 Å². The molecule has 0 aliphatic heterocycles. The zero-order valence-corrected chi connectivity index (χ0v) is 10.4. The Hall–Kier alpha value is -2.30. The highest BCUT2D eigenvalue weighted by Crippen LogP contribution is 2.10. The maximum absolute atomic E-state index is 11.7. The second kappa shape index (κ2) is 4.91. The molecule has 0 bridgehead atoms. The van der Waals surface area contributed by atoms with Gasteiger partial charge in [-0.05, 0) is 44.2 Å². The molecule has 0 atom stereocenters. The van der Waals surface area contributed by atoms with Gasteiger partial charge in [-0.1, -0.05) is 0 Å². The highest BCUT2D eigenvalue weighted by atomic mass is 16.2. The van der Waals surface area contributed by atoms with Gasteiger partial charge in [-0.15, -0.1) is 0 Å². The molecule has 94 valence electrons. The second-order valence-corrected chi connectivity index (χ2v) is 4.37. The number of carbonyl (C=O) groups is 1. The lowest BCUT2D eigenvalue weighted by Gasteiger charge is -2.05. The Kier molecular flexibility index (Phi) is 3.32. The molecule has 1 aromatic heterocycles. The van der Waals surface area contributed by atoms with Gasteiger partial charge in [0.2, 0.25) is 0 Å². The smallest absolute Gasteiger partial charge is 0.271 e. The fraction of sp³-hybridized carbons (Fsp3) is 0.231. The van der Waals surface area contributed by atoms with Crippen LogP contribution in [-0.4, -0.2) is 21.7 Å². The van der Waals surface area contributed by atoms with Gasteiger partial charge in [0.1, 0.15) is 0 Å². The van der Waals surface area contributed by atoms with E-state index in [1.54, 1.807) is 29.1 Å². The van der Waals surface area contributed by atoms with Crippen molar-refractivity contribution in [3.8, 4) is 5.69 Å². The van der Waals surface area contributed by atoms with Gasteiger partial charge < -0.3 is 11.1 Å². The number of nitrogens with one attached hydrogen (secondary N) is 1. The van der Waals surface area contributed by atoms with Crippen LogP contribution in [0.25, 0.3) is 5.69 Å². The van der Waals surface area contributed by atoms with Crippen molar-refractivity contribution in [1.82, 2.24) is 15.1 Å². The minimum absolute atomic E-state index is 0.0965. The van der Waals surface area contributed by atoms with Crippen LogP contribution in [0.3, 0.4) is 0 Å². The van der Waals surface area contributed by atoms with Gasteiger partial charge in [0, 0.05) is 17.9 Å². The molecule has 0 radical (unpaired) electrons. The average molecular weight is 244 g/mol. The molecule has 0 spiro atoms. The van der Waals surface area contributed by atoms with Crippen molar-refractivity contribution in [1.29, 1.82) is 0 Å². The highest BCUT2D eigenvalue weighted by Gasteiger charge is 2.10. The maximum Gasteiger partial charge on any atom is 0.271 e. The Morgan fingerprint density at radius 1 is 1.28 bits per heavy atom. The van der Waals surface area contributed by atoms with Crippen molar-refractivity contribution in [3.63, 3.8) is 0 Å². The number of nitrogens with two attached hydrogens (primary N) is 1. The Morgan fingerprint density at radius 3 is 2.56 bits per heavy atom. The molecule has 3 N–H and O–H groups in total. The number of amides is 1. The molecule has 18 heavy (non-hydrogen) atoms. The molecule has 0 unspecified atom stereocenters. The van der Waals surface area contributed by atoms with Crippen LogP contribution in [0.4, 0.5) is 5.69 Å². The van der Waals surface area contributed by atoms with Crippen LogP contribution < -0.4 is 11.1 Å². The Balaban J connectivity index is 2.20. The number of hydrogen-bond acceptors (Lipinski definition) is 3. The second-order valence-electron chi connectivity index (χ2n) is 4.37. The molecule has 0 saturated carbocycles. The van der Waals surface area contributed by atoms with E-state index in [2.05, 4.69) is 10.4 Å². The minimum Gasteiger partial charge on any atom is -0.399 e. The van der Waals surface area contributed by atoms with Gasteiger partial charge in [0.05, 0.1) is 5.69 Å². The van der Waals surface area contributed by atoms with E-state index in [1.165, 1.54) is 0 Å². The largest absolute Gasteiger partial charge is 0.399 e. The monoisotopic (exact) mass is 244 g/mol. The maximum atomic E-state index is 11.7. The highest BCUT2D eigenvalue weighted by molar-refractivity contribution is 5.92. The van der Waals surface area contributed by atoms with Crippen molar-refractivity contribution in [2.45, 2.75) is 19.9 Å². The minimum atomic E-state index is -0.167. The molecule has 0 fully saturated rings. The van der Waals surface area contributed by atoms with Crippen LogP contribution in [0.1, 0.15) is 24.3 Å². The Morgan fingerprint density at radius 2 is 1.94 bits per heavy atom. The summed E-state index contributed by atoms with van der Waals surface area (Å²) in [7, 11) is 0. The molecule has 0 aliphatic carbocycles. The molecular formula is C13H16N4O. The molecule has 1 amide bonds. The van der Waals surface area contributed by atoms with E-state index in [0.717, 1.165) is 5.69 Å². The quantitative estimate of drug-likeness (QED) is 0.805. The molecule has 2 aromatic rings. The van der Waals surface area contributed by atoms with E-state index >= 15 is 0 Å².